The summed E-state index contributed by atoms with van der Waals surface area (Å²) in [5.74, 6) is -0.569. The van der Waals surface area contributed by atoms with Gasteiger partial charge in [-0.15, -0.1) is 0 Å². The van der Waals surface area contributed by atoms with Crippen LogP contribution >= 0.6 is 0 Å². The fourth-order valence-corrected chi connectivity index (χ4v) is 4.89. The first-order chi connectivity index (χ1) is 15.5. The van der Waals surface area contributed by atoms with Gasteiger partial charge in [-0.3, -0.25) is 9.59 Å². The van der Waals surface area contributed by atoms with Gasteiger partial charge in [0.15, 0.2) is 0 Å². The van der Waals surface area contributed by atoms with E-state index >= 15 is 0 Å². The maximum absolute atomic E-state index is 13.5. The molecule has 2 aromatic rings. The van der Waals surface area contributed by atoms with Crippen molar-refractivity contribution in [1.29, 1.82) is 0 Å². The summed E-state index contributed by atoms with van der Waals surface area (Å²) in [5.41, 5.74) is 2.73. The van der Waals surface area contributed by atoms with Crippen LogP contribution in [0.15, 0.2) is 42.5 Å². The molecular formula is C26H32FN3O2. The molecule has 32 heavy (non-hydrogen) atoms. The number of carbonyl (C=O) groups is 2. The Morgan fingerprint density at radius 1 is 1.19 bits per heavy atom. The van der Waals surface area contributed by atoms with Gasteiger partial charge in [0.05, 0.1) is 0 Å². The molecule has 4 rings (SSSR count). The molecule has 1 unspecified atom stereocenters. The average molecular weight is 438 g/mol. The second-order valence-electron chi connectivity index (χ2n) is 8.87. The zero-order valence-electron chi connectivity index (χ0n) is 18.8. The van der Waals surface area contributed by atoms with E-state index in [0.29, 0.717) is 36.8 Å². The molecule has 2 aliphatic rings. The van der Waals surface area contributed by atoms with Crippen LogP contribution in [0.3, 0.4) is 0 Å². The molecule has 1 N–H and O–H groups in total. The molecule has 0 spiro atoms. The molecule has 2 aliphatic heterocycles. The largest absolute Gasteiger partial charge is 0.352 e. The second-order valence-corrected chi connectivity index (χ2v) is 8.87. The Labute approximate surface area is 189 Å². The minimum absolute atomic E-state index is 0.116. The van der Waals surface area contributed by atoms with Crippen molar-refractivity contribution in [3.63, 3.8) is 0 Å². The molecule has 2 heterocycles. The molecule has 0 aromatic heterocycles. The van der Waals surface area contributed by atoms with Gasteiger partial charge in [0, 0.05) is 43.3 Å². The van der Waals surface area contributed by atoms with Crippen LogP contribution in [0.1, 0.15) is 70.9 Å². The SMILES string of the molecule is CCC1CCCCN1CCCNC(=O)c1ccc2c(c1)C(=O)N(Cc1cccc(F)c1)C2. The van der Waals surface area contributed by atoms with E-state index in [0.717, 1.165) is 30.6 Å². The third-order valence-corrected chi connectivity index (χ3v) is 6.64. The number of carbonyl (C=O) groups excluding carboxylic acids is 2. The summed E-state index contributed by atoms with van der Waals surface area (Å²) in [6.07, 6.45) is 5.98. The topological polar surface area (TPSA) is 52.7 Å². The van der Waals surface area contributed by atoms with E-state index < -0.39 is 0 Å². The monoisotopic (exact) mass is 437 g/mol. The van der Waals surface area contributed by atoms with Crippen molar-refractivity contribution in [2.75, 3.05) is 19.6 Å². The van der Waals surface area contributed by atoms with Crippen LogP contribution in [0.2, 0.25) is 0 Å². The summed E-state index contributed by atoms with van der Waals surface area (Å²) in [4.78, 5) is 29.7. The van der Waals surface area contributed by atoms with Crippen molar-refractivity contribution in [3.05, 3.63) is 70.5 Å². The van der Waals surface area contributed by atoms with Crippen molar-refractivity contribution in [1.82, 2.24) is 15.1 Å². The predicted molar refractivity (Wildman–Crippen MR) is 123 cm³/mol. The fourth-order valence-electron chi connectivity index (χ4n) is 4.89. The highest BCUT2D eigenvalue weighted by Gasteiger charge is 2.28. The van der Waals surface area contributed by atoms with Crippen molar-refractivity contribution in [3.8, 4) is 0 Å². The van der Waals surface area contributed by atoms with Gasteiger partial charge in [-0.25, -0.2) is 4.39 Å². The molecule has 1 saturated heterocycles. The molecule has 1 atom stereocenters. The molecule has 6 heteroatoms. The highest BCUT2D eigenvalue weighted by Crippen LogP contribution is 2.26. The molecule has 0 radical (unpaired) electrons. The number of likely N-dealkylation sites (tertiary alicyclic amines) is 1. The van der Waals surface area contributed by atoms with E-state index in [1.54, 1.807) is 23.1 Å². The summed E-state index contributed by atoms with van der Waals surface area (Å²) < 4.78 is 13.5. The van der Waals surface area contributed by atoms with E-state index in [1.165, 1.54) is 37.8 Å². The number of amides is 2. The summed E-state index contributed by atoms with van der Waals surface area (Å²) in [6, 6.07) is 12.3. The maximum atomic E-state index is 13.5. The lowest BCUT2D eigenvalue weighted by Gasteiger charge is -2.35. The van der Waals surface area contributed by atoms with Crippen LogP contribution in [0.25, 0.3) is 0 Å². The van der Waals surface area contributed by atoms with Gasteiger partial charge in [-0.05, 0) is 67.6 Å². The van der Waals surface area contributed by atoms with E-state index in [-0.39, 0.29) is 17.6 Å². The van der Waals surface area contributed by atoms with E-state index in [9.17, 15) is 14.0 Å². The summed E-state index contributed by atoms with van der Waals surface area (Å²) >= 11 is 0. The number of benzene rings is 2. The molecule has 5 nitrogen and oxygen atoms in total. The van der Waals surface area contributed by atoms with Crippen molar-refractivity contribution < 1.29 is 14.0 Å². The summed E-state index contributed by atoms with van der Waals surface area (Å²) in [7, 11) is 0. The zero-order valence-corrected chi connectivity index (χ0v) is 18.8. The van der Waals surface area contributed by atoms with Gasteiger partial charge in [-0.2, -0.15) is 0 Å². The first-order valence-electron chi connectivity index (χ1n) is 11.7. The van der Waals surface area contributed by atoms with Crippen LogP contribution in [-0.2, 0) is 13.1 Å². The Morgan fingerprint density at radius 2 is 2.06 bits per heavy atom. The highest BCUT2D eigenvalue weighted by atomic mass is 19.1. The fraction of sp³-hybridized carbons (Fsp3) is 0.462. The van der Waals surface area contributed by atoms with Crippen LogP contribution in [-0.4, -0.2) is 47.3 Å². The number of hydrogen-bond donors (Lipinski definition) is 1. The molecular weight excluding hydrogens is 405 g/mol. The van der Waals surface area contributed by atoms with Gasteiger partial charge < -0.3 is 15.1 Å². The van der Waals surface area contributed by atoms with Gasteiger partial charge in [0.1, 0.15) is 5.82 Å². The smallest absolute Gasteiger partial charge is 0.254 e. The second kappa shape index (κ2) is 10.3. The van der Waals surface area contributed by atoms with Crippen molar-refractivity contribution in [2.45, 2.75) is 58.2 Å². The number of rotatable bonds is 8. The zero-order chi connectivity index (χ0) is 22.5. The standard InChI is InChI=1S/C26H32FN3O2/c1-2-23-9-3-4-13-29(23)14-6-12-28-25(31)20-10-11-21-18-30(26(32)24(21)16-20)17-19-7-5-8-22(27)15-19/h5,7-8,10-11,15-16,23H,2-4,6,9,12-14,17-18H2,1H3,(H,28,31). The Kier molecular flexibility index (Phi) is 7.20. The van der Waals surface area contributed by atoms with Crippen LogP contribution in [0.5, 0.6) is 0 Å². The van der Waals surface area contributed by atoms with Crippen molar-refractivity contribution >= 4 is 11.8 Å². The molecule has 0 bridgehead atoms. The van der Waals surface area contributed by atoms with E-state index in [4.69, 9.17) is 0 Å². The molecule has 2 amide bonds. The molecule has 0 saturated carbocycles. The number of nitrogens with zero attached hydrogens (tertiary/aromatic N) is 2. The number of nitrogens with one attached hydrogen (secondary N) is 1. The Bertz CT molecular complexity index is 977. The van der Waals surface area contributed by atoms with Crippen LogP contribution in [0, 0.1) is 5.82 Å². The quantitative estimate of drug-likeness (QED) is 0.624. The summed E-state index contributed by atoms with van der Waals surface area (Å²) in [5, 5.41) is 3.00. The number of hydrogen-bond acceptors (Lipinski definition) is 3. The van der Waals surface area contributed by atoms with Gasteiger partial charge in [-0.1, -0.05) is 31.5 Å². The number of fused-ring (bicyclic) bond motifs is 1. The summed E-state index contributed by atoms with van der Waals surface area (Å²) in [6.45, 7) is 5.87. The Hall–Kier alpha value is -2.73. The van der Waals surface area contributed by atoms with Crippen molar-refractivity contribution in [2.24, 2.45) is 0 Å². The van der Waals surface area contributed by atoms with Gasteiger partial charge >= 0.3 is 0 Å². The number of piperidine rings is 1. The third kappa shape index (κ3) is 5.18. The molecule has 0 aliphatic carbocycles. The average Bonchev–Trinajstić information content (AvgIpc) is 3.11. The molecule has 170 valence electrons. The van der Waals surface area contributed by atoms with Crippen LogP contribution in [0.4, 0.5) is 4.39 Å². The first-order valence-corrected chi connectivity index (χ1v) is 11.7. The lowest BCUT2D eigenvalue weighted by Crippen LogP contribution is -2.40. The lowest BCUT2D eigenvalue weighted by molar-refractivity contribution is 0.0766. The normalized spacial score (nSPS) is 18.6. The third-order valence-electron chi connectivity index (χ3n) is 6.64. The van der Waals surface area contributed by atoms with Crippen LogP contribution < -0.4 is 5.32 Å². The maximum Gasteiger partial charge on any atom is 0.254 e. The highest BCUT2D eigenvalue weighted by molar-refractivity contribution is 6.02. The number of halogens is 1. The Balaban J connectivity index is 1.30. The van der Waals surface area contributed by atoms with E-state index in [1.807, 2.05) is 12.1 Å². The predicted octanol–water partition coefficient (Wildman–Crippen LogP) is 4.37. The Morgan fingerprint density at radius 3 is 2.88 bits per heavy atom. The van der Waals surface area contributed by atoms with Gasteiger partial charge in [0.25, 0.3) is 11.8 Å². The minimum Gasteiger partial charge on any atom is -0.352 e. The lowest BCUT2D eigenvalue weighted by atomic mass is 10.00. The van der Waals surface area contributed by atoms with E-state index in [2.05, 4.69) is 17.1 Å². The van der Waals surface area contributed by atoms with Gasteiger partial charge in [0.2, 0.25) is 0 Å². The minimum atomic E-state index is -0.309. The first kappa shape index (κ1) is 22.5. The molecule has 1 fully saturated rings. The molecule has 2 aromatic carbocycles.